The van der Waals surface area contributed by atoms with Crippen LogP contribution in [-0.4, -0.2) is 27.2 Å². The molecular weight excluding hydrogens is 396 g/mol. The smallest absolute Gasteiger partial charge is 0.259 e. The molecule has 0 amide bonds. The average Bonchev–Trinajstić information content (AvgIpc) is 3.12. The lowest BCUT2D eigenvalue weighted by atomic mass is 10.0. The van der Waals surface area contributed by atoms with E-state index in [-0.39, 0.29) is 5.56 Å². The first kappa shape index (κ1) is 21.0. The number of hydrogen-bond acceptors (Lipinski definition) is 4. The van der Waals surface area contributed by atoms with Crippen molar-refractivity contribution in [1.29, 1.82) is 0 Å². The SMILES string of the molecule is Cc1nc2n(c(=O)c1Cc1ccccc1)CN(C1CCCCCC1)CN2c1ccccc1. The first-order valence-corrected chi connectivity index (χ1v) is 11.9. The van der Waals surface area contributed by atoms with E-state index in [0.717, 1.165) is 35.1 Å². The molecule has 1 fully saturated rings. The van der Waals surface area contributed by atoms with Gasteiger partial charge in [-0.3, -0.25) is 19.2 Å². The summed E-state index contributed by atoms with van der Waals surface area (Å²) in [6, 6.07) is 21.1. The maximum absolute atomic E-state index is 13.8. The molecule has 0 N–H and O–H groups in total. The number of fused-ring (bicyclic) bond motifs is 1. The fourth-order valence-electron chi connectivity index (χ4n) is 5.15. The number of aryl methyl sites for hydroxylation is 1. The van der Waals surface area contributed by atoms with Gasteiger partial charge in [0.05, 0.1) is 19.0 Å². The van der Waals surface area contributed by atoms with Crippen LogP contribution >= 0.6 is 0 Å². The lowest BCUT2D eigenvalue weighted by Gasteiger charge is -2.42. The number of benzene rings is 2. The summed E-state index contributed by atoms with van der Waals surface area (Å²) in [5, 5.41) is 0. The molecule has 0 saturated heterocycles. The lowest BCUT2D eigenvalue weighted by Crippen LogP contribution is -2.51. The second kappa shape index (κ2) is 9.29. The van der Waals surface area contributed by atoms with E-state index >= 15 is 0 Å². The second-order valence-corrected chi connectivity index (χ2v) is 9.15. The van der Waals surface area contributed by atoms with Crippen molar-refractivity contribution in [2.24, 2.45) is 0 Å². The minimum Gasteiger partial charge on any atom is -0.298 e. The molecule has 32 heavy (non-hydrogen) atoms. The van der Waals surface area contributed by atoms with Crippen LogP contribution in [0.3, 0.4) is 0 Å². The normalized spacial score (nSPS) is 17.7. The van der Waals surface area contributed by atoms with Crippen molar-refractivity contribution in [3.8, 4) is 0 Å². The Morgan fingerprint density at radius 1 is 0.875 bits per heavy atom. The molecule has 5 nitrogen and oxygen atoms in total. The van der Waals surface area contributed by atoms with Gasteiger partial charge >= 0.3 is 0 Å². The zero-order valence-corrected chi connectivity index (χ0v) is 18.9. The zero-order chi connectivity index (χ0) is 21.9. The molecule has 166 valence electrons. The molecular formula is C27H32N4O. The largest absolute Gasteiger partial charge is 0.298 e. The number of nitrogens with zero attached hydrogens (tertiary/aromatic N) is 4. The maximum atomic E-state index is 13.8. The fraction of sp³-hybridized carbons (Fsp3) is 0.407. The van der Waals surface area contributed by atoms with Crippen molar-refractivity contribution in [1.82, 2.24) is 14.5 Å². The molecule has 1 aliphatic heterocycles. The summed E-state index contributed by atoms with van der Waals surface area (Å²) in [4.78, 5) is 23.5. The molecule has 2 aliphatic rings. The number of para-hydroxylation sites is 1. The molecule has 2 heterocycles. The van der Waals surface area contributed by atoms with Gasteiger partial charge in [0.2, 0.25) is 5.95 Å². The van der Waals surface area contributed by atoms with Crippen molar-refractivity contribution < 1.29 is 0 Å². The van der Waals surface area contributed by atoms with Crippen molar-refractivity contribution in [2.45, 2.75) is 64.6 Å². The highest BCUT2D eigenvalue weighted by atomic mass is 16.1. The number of hydrogen-bond donors (Lipinski definition) is 0. The van der Waals surface area contributed by atoms with E-state index < -0.39 is 0 Å². The molecule has 0 radical (unpaired) electrons. The summed E-state index contributed by atoms with van der Waals surface area (Å²) in [6.07, 6.45) is 8.25. The molecule has 0 bridgehead atoms. The van der Waals surface area contributed by atoms with Gasteiger partial charge in [-0.1, -0.05) is 74.2 Å². The predicted molar refractivity (Wildman–Crippen MR) is 129 cm³/mol. The van der Waals surface area contributed by atoms with E-state index in [4.69, 9.17) is 4.98 Å². The average molecular weight is 429 g/mol. The Morgan fingerprint density at radius 2 is 1.53 bits per heavy atom. The molecule has 1 aliphatic carbocycles. The molecule has 0 atom stereocenters. The van der Waals surface area contributed by atoms with Gasteiger partial charge in [-0.2, -0.15) is 0 Å². The van der Waals surface area contributed by atoms with Crippen LogP contribution in [0.15, 0.2) is 65.5 Å². The van der Waals surface area contributed by atoms with Crippen LogP contribution in [0.5, 0.6) is 0 Å². The van der Waals surface area contributed by atoms with Gasteiger partial charge in [-0.05, 0) is 37.5 Å². The van der Waals surface area contributed by atoms with Gasteiger partial charge in [0.1, 0.15) is 0 Å². The lowest BCUT2D eigenvalue weighted by molar-refractivity contribution is 0.123. The van der Waals surface area contributed by atoms with Crippen LogP contribution in [0.4, 0.5) is 11.6 Å². The number of aromatic nitrogens is 2. The van der Waals surface area contributed by atoms with Crippen LogP contribution in [0, 0.1) is 6.92 Å². The zero-order valence-electron chi connectivity index (χ0n) is 18.9. The Hall–Kier alpha value is -2.92. The molecule has 5 heteroatoms. The Kier molecular flexibility index (Phi) is 6.08. The van der Waals surface area contributed by atoms with E-state index in [1.165, 1.54) is 38.5 Å². The number of anilines is 2. The minimum atomic E-state index is 0.0932. The molecule has 3 aromatic rings. The van der Waals surface area contributed by atoms with E-state index in [2.05, 4.69) is 46.2 Å². The van der Waals surface area contributed by atoms with Crippen LogP contribution in [0.25, 0.3) is 0 Å². The van der Waals surface area contributed by atoms with E-state index in [1.54, 1.807) is 0 Å². The summed E-state index contributed by atoms with van der Waals surface area (Å²) in [7, 11) is 0. The van der Waals surface area contributed by atoms with Gasteiger partial charge in [-0.15, -0.1) is 0 Å². The highest BCUT2D eigenvalue weighted by Gasteiger charge is 2.31. The Labute approximate surface area is 190 Å². The van der Waals surface area contributed by atoms with E-state index in [0.29, 0.717) is 19.1 Å². The third kappa shape index (κ3) is 4.22. The molecule has 1 saturated carbocycles. The van der Waals surface area contributed by atoms with Crippen molar-refractivity contribution in [3.05, 3.63) is 87.8 Å². The minimum absolute atomic E-state index is 0.0932. The van der Waals surface area contributed by atoms with Crippen molar-refractivity contribution in [2.75, 3.05) is 11.6 Å². The molecule has 2 aromatic carbocycles. The fourth-order valence-corrected chi connectivity index (χ4v) is 5.15. The Morgan fingerprint density at radius 3 is 2.22 bits per heavy atom. The first-order chi connectivity index (χ1) is 15.7. The standard InChI is InChI=1S/C27H32N4O/c1-21-25(18-22-12-6-4-7-13-22)26(32)31-20-29(23-14-8-2-3-9-15-23)19-30(27(31)28-21)24-16-10-5-11-17-24/h4-7,10-13,16-17,23H,2-3,8-9,14-15,18-20H2,1H3. The van der Waals surface area contributed by atoms with Gasteiger partial charge in [-0.25, -0.2) is 4.98 Å². The van der Waals surface area contributed by atoms with Crippen LogP contribution in [-0.2, 0) is 13.1 Å². The maximum Gasteiger partial charge on any atom is 0.259 e. The molecule has 1 aromatic heterocycles. The van der Waals surface area contributed by atoms with Crippen LogP contribution < -0.4 is 10.5 Å². The predicted octanol–water partition coefficient (Wildman–Crippen LogP) is 5.23. The van der Waals surface area contributed by atoms with Crippen LogP contribution in [0.1, 0.15) is 55.3 Å². The monoisotopic (exact) mass is 428 g/mol. The third-order valence-electron chi connectivity index (χ3n) is 6.97. The van der Waals surface area contributed by atoms with E-state index in [1.807, 2.05) is 35.8 Å². The van der Waals surface area contributed by atoms with Crippen molar-refractivity contribution >= 4 is 11.6 Å². The summed E-state index contributed by atoms with van der Waals surface area (Å²) >= 11 is 0. The van der Waals surface area contributed by atoms with Gasteiger partial charge < -0.3 is 0 Å². The first-order valence-electron chi connectivity index (χ1n) is 11.9. The number of rotatable bonds is 4. The summed E-state index contributed by atoms with van der Waals surface area (Å²) in [5.41, 5.74) is 3.95. The van der Waals surface area contributed by atoms with Crippen molar-refractivity contribution in [3.63, 3.8) is 0 Å². The van der Waals surface area contributed by atoms with Crippen LogP contribution in [0.2, 0.25) is 0 Å². The second-order valence-electron chi connectivity index (χ2n) is 9.15. The van der Waals surface area contributed by atoms with E-state index in [9.17, 15) is 4.79 Å². The van der Waals surface area contributed by atoms with Gasteiger partial charge in [0, 0.05) is 23.7 Å². The molecule has 0 unspecified atom stereocenters. The Balaban J connectivity index is 1.57. The summed E-state index contributed by atoms with van der Waals surface area (Å²) < 4.78 is 1.91. The Bertz CT molecular complexity index is 1100. The van der Waals surface area contributed by atoms with Gasteiger partial charge in [0.15, 0.2) is 0 Å². The van der Waals surface area contributed by atoms with Gasteiger partial charge in [0.25, 0.3) is 5.56 Å². The highest BCUT2D eigenvalue weighted by Crippen LogP contribution is 2.31. The third-order valence-corrected chi connectivity index (χ3v) is 6.97. The summed E-state index contributed by atoms with van der Waals surface area (Å²) in [6.45, 7) is 3.37. The highest BCUT2D eigenvalue weighted by molar-refractivity contribution is 5.58. The summed E-state index contributed by atoms with van der Waals surface area (Å²) in [5.74, 6) is 0.764. The molecule has 0 spiro atoms. The topological polar surface area (TPSA) is 41.4 Å². The molecule has 5 rings (SSSR count). The quantitative estimate of drug-likeness (QED) is 0.533.